The average Bonchev–Trinajstić information content (AvgIpc) is 2.89. The number of para-hydroxylation sites is 2. The lowest BCUT2D eigenvalue weighted by molar-refractivity contribution is 0.105. The second kappa shape index (κ2) is 6.22. The van der Waals surface area contributed by atoms with Crippen molar-refractivity contribution in [1.82, 2.24) is 14.8 Å². The van der Waals surface area contributed by atoms with Crippen LogP contribution in [-0.4, -0.2) is 21.3 Å². The number of benzene rings is 2. The van der Waals surface area contributed by atoms with Gasteiger partial charge in [0.1, 0.15) is 12.4 Å². The first-order valence-corrected chi connectivity index (χ1v) is 7.80. The molecular formula is C18H18N4O. The lowest BCUT2D eigenvalue weighted by Crippen LogP contribution is -2.11. The Morgan fingerprint density at radius 3 is 2.70 bits per heavy atom. The molecule has 2 heterocycles. The molecule has 0 fully saturated rings. The first-order chi connectivity index (χ1) is 11.4. The fraction of sp³-hybridized carbons (Fsp3) is 0.222. The van der Waals surface area contributed by atoms with Crippen LogP contribution in [0.1, 0.15) is 17.2 Å². The highest BCUT2D eigenvalue weighted by atomic mass is 16.5. The molecule has 0 unspecified atom stereocenters. The quantitative estimate of drug-likeness (QED) is 0.805. The summed E-state index contributed by atoms with van der Waals surface area (Å²) in [4.78, 5) is 0. The van der Waals surface area contributed by atoms with Gasteiger partial charge in [-0.1, -0.05) is 36.4 Å². The van der Waals surface area contributed by atoms with Crippen LogP contribution in [0.3, 0.4) is 0 Å². The van der Waals surface area contributed by atoms with Crippen LogP contribution in [0.25, 0.3) is 5.69 Å². The lowest BCUT2D eigenvalue weighted by Gasteiger charge is -2.11. The van der Waals surface area contributed by atoms with E-state index in [2.05, 4.69) is 44.3 Å². The second-order valence-electron chi connectivity index (χ2n) is 5.53. The zero-order chi connectivity index (χ0) is 15.5. The largest absolute Gasteiger partial charge is 0.385 e. The Balaban J connectivity index is 1.57. The summed E-state index contributed by atoms with van der Waals surface area (Å²) in [6.07, 6.45) is 0.802. The Hall–Kier alpha value is -2.66. The molecule has 0 saturated heterocycles. The van der Waals surface area contributed by atoms with Gasteiger partial charge >= 0.3 is 0 Å². The maximum Gasteiger partial charge on any atom is 0.163 e. The predicted molar refractivity (Wildman–Crippen MR) is 88.5 cm³/mol. The molecule has 0 bridgehead atoms. The van der Waals surface area contributed by atoms with Gasteiger partial charge in [-0.05, 0) is 18.2 Å². The normalized spacial score (nSPS) is 13.0. The minimum atomic E-state index is 0.494. The summed E-state index contributed by atoms with van der Waals surface area (Å²) in [6, 6.07) is 18.5. The van der Waals surface area contributed by atoms with E-state index in [-0.39, 0.29) is 0 Å². The molecule has 5 nitrogen and oxygen atoms in total. The molecule has 4 rings (SSSR count). The minimum Gasteiger partial charge on any atom is -0.385 e. The maximum absolute atomic E-state index is 5.70. The monoisotopic (exact) mass is 306 g/mol. The Kier molecular flexibility index (Phi) is 3.78. The van der Waals surface area contributed by atoms with E-state index >= 15 is 0 Å². The summed E-state index contributed by atoms with van der Waals surface area (Å²) in [5, 5.41) is 12.1. The van der Waals surface area contributed by atoms with Gasteiger partial charge in [0.05, 0.1) is 12.3 Å². The van der Waals surface area contributed by atoms with Crippen molar-refractivity contribution in [3.05, 3.63) is 71.8 Å². The summed E-state index contributed by atoms with van der Waals surface area (Å²) in [6.45, 7) is 1.92. The molecular weight excluding hydrogens is 288 g/mol. The van der Waals surface area contributed by atoms with Gasteiger partial charge in [-0.15, -0.1) is 10.2 Å². The second-order valence-corrected chi connectivity index (χ2v) is 5.53. The van der Waals surface area contributed by atoms with Crippen LogP contribution < -0.4 is 5.32 Å². The summed E-state index contributed by atoms with van der Waals surface area (Å²) in [7, 11) is 0. The SMILES string of the molecule is c1ccc(NCCc2nnc3n2-c2ccccc2COC3)cc1. The molecule has 1 aliphatic heterocycles. The van der Waals surface area contributed by atoms with Gasteiger partial charge in [-0.2, -0.15) is 0 Å². The summed E-state index contributed by atoms with van der Waals surface area (Å²) >= 11 is 0. The van der Waals surface area contributed by atoms with E-state index in [0.717, 1.165) is 36.0 Å². The van der Waals surface area contributed by atoms with E-state index < -0.39 is 0 Å². The van der Waals surface area contributed by atoms with Gasteiger partial charge in [0.25, 0.3) is 0 Å². The third-order valence-corrected chi connectivity index (χ3v) is 3.97. The molecule has 1 aromatic heterocycles. The van der Waals surface area contributed by atoms with Crippen LogP contribution in [0.15, 0.2) is 54.6 Å². The van der Waals surface area contributed by atoms with Crippen molar-refractivity contribution >= 4 is 5.69 Å². The first-order valence-electron chi connectivity index (χ1n) is 7.80. The smallest absolute Gasteiger partial charge is 0.163 e. The topological polar surface area (TPSA) is 52.0 Å². The zero-order valence-corrected chi connectivity index (χ0v) is 12.8. The van der Waals surface area contributed by atoms with E-state index in [1.807, 2.05) is 30.3 Å². The molecule has 0 spiro atoms. The van der Waals surface area contributed by atoms with Crippen molar-refractivity contribution in [3.63, 3.8) is 0 Å². The first kappa shape index (κ1) is 14.0. The molecule has 1 aliphatic rings. The molecule has 5 heteroatoms. The summed E-state index contributed by atoms with van der Waals surface area (Å²) in [5.74, 6) is 1.83. The predicted octanol–water partition coefficient (Wildman–Crippen LogP) is 2.95. The van der Waals surface area contributed by atoms with Crippen molar-refractivity contribution in [2.45, 2.75) is 19.6 Å². The Labute approximate surface area is 134 Å². The number of rotatable bonds is 4. The van der Waals surface area contributed by atoms with Gasteiger partial charge in [0.2, 0.25) is 0 Å². The number of nitrogens with zero attached hydrogens (tertiary/aromatic N) is 3. The summed E-state index contributed by atoms with van der Waals surface area (Å²) < 4.78 is 7.83. The third kappa shape index (κ3) is 2.83. The molecule has 3 aromatic rings. The number of aromatic nitrogens is 3. The molecule has 116 valence electrons. The maximum atomic E-state index is 5.70. The highest BCUT2D eigenvalue weighted by Crippen LogP contribution is 2.23. The van der Waals surface area contributed by atoms with E-state index in [1.165, 1.54) is 5.56 Å². The Morgan fingerprint density at radius 2 is 1.78 bits per heavy atom. The number of nitrogens with one attached hydrogen (secondary N) is 1. The fourth-order valence-corrected chi connectivity index (χ4v) is 2.87. The molecule has 0 saturated carbocycles. The third-order valence-electron chi connectivity index (χ3n) is 3.97. The van der Waals surface area contributed by atoms with Crippen molar-refractivity contribution in [1.29, 1.82) is 0 Å². The molecule has 0 amide bonds. The van der Waals surface area contributed by atoms with Crippen molar-refractivity contribution in [3.8, 4) is 5.69 Å². The van der Waals surface area contributed by atoms with Crippen LogP contribution in [0.4, 0.5) is 5.69 Å². The molecule has 23 heavy (non-hydrogen) atoms. The number of anilines is 1. The molecule has 1 N–H and O–H groups in total. The van der Waals surface area contributed by atoms with Crippen LogP contribution in [-0.2, 0) is 24.4 Å². The highest BCUT2D eigenvalue weighted by Gasteiger charge is 2.19. The standard InChI is InChI=1S/C18H18N4O/c1-2-7-15(8-3-1)19-11-10-17-20-21-18-13-23-12-14-6-4-5-9-16(14)22(17)18/h1-9,19H,10-13H2. The van der Waals surface area contributed by atoms with Crippen LogP contribution in [0.2, 0.25) is 0 Å². The molecule has 2 aromatic carbocycles. The van der Waals surface area contributed by atoms with Gasteiger partial charge in [0.15, 0.2) is 5.82 Å². The van der Waals surface area contributed by atoms with Crippen LogP contribution >= 0.6 is 0 Å². The number of ether oxygens (including phenoxy) is 1. The van der Waals surface area contributed by atoms with Gasteiger partial charge < -0.3 is 10.1 Å². The lowest BCUT2D eigenvalue weighted by atomic mass is 10.2. The van der Waals surface area contributed by atoms with Crippen molar-refractivity contribution in [2.24, 2.45) is 0 Å². The van der Waals surface area contributed by atoms with Crippen molar-refractivity contribution < 1.29 is 4.74 Å². The van der Waals surface area contributed by atoms with Crippen LogP contribution in [0.5, 0.6) is 0 Å². The number of hydrogen-bond acceptors (Lipinski definition) is 4. The molecule has 0 atom stereocenters. The zero-order valence-electron chi connectivity index (χ0n) is 12.8. The van der Waals surface area contributed by atoms with Gasteiger partial charge in [-0.25, -0.2) is 0 Å². The Bertz CT molecular complexity index is 798. The Morgan fingerprint density at radius 1 is 0.957 bits per heavy atom. The fourth-order valence-electron chi connectivity index (χ4n) is 2.87. The summed E-state index contributed by atoms with van der Waals surface area (Å²) in [5.41, 5.74) is 3.41. The van der Waals surface area contributed by atoms with E-state index in [0.29, 0.717) is 13.2 Å². The number of hydrogen-bond donors (Lipinski definition) is 1. The number of fused-ring (bicyclic) bond motifs is 3. The average molecular weight is 306 g/mol. The van der Waals surface area contributed by atoms with Crippen molar-refractivity contribution in [2.75, 3.05) is 11.9 Å². The van der Waals surface area contributed by atoms with Gasteiger partial charge in [0, 0.05) is 24.2 Å². The van der Waals surface area contributed by atoms with Gasteiger partial charge in [-0.3, -0.25) is 4.57 Å². The van der Waals surface area contributed by atoms with E-state index in [4.69, 9.17) is 4.74 Å². The minimum absolute atomic E-state index is 0.494. The molecule has 0 radical (unpaired) electrons. The van der Waals surface area contributed by atoms with E-state index in [1.54, 1.807) is 0 Å². The highest BCUT2D eigenvalue weighted by molar-refractivity contribution is 5.44. The van der Waals surface area contributed by atoms with Crippen LogP contribution in [0, 0.1) is 0 Å². The van der Waals surface area contributed by atoms with E-state index in [9.17, 15) is 0 Å². The molecule has 0 aliphatic carbocycles.